The van der Waals surface area contributed by atoms with Gasteiger partial charge in [0.1, 0.15) is 0 Å². The Kier molecular flexibility index (Phi) is 8.35. The molecule has 0 bridgehead atoms. The Bertz CT molecular complexity index is 1390. The highest BCUT2D eigenvalue weighted by atomic mass is 14.2. The van der Waals surface area contributed by atoms with Crippen molar-refractivity contribution in [3.8, 4) is 0 Å². The Labute approximate surface area is 264 Å². The van der Waals surface area contributed by atoms with Gasteiger partial charge in [0.05, 0.1) is 0 Å². The molecule has 0 aromatic carbocycles. The van der Waals surface area contributed by atoms with Crippen molar-refractivity contribution in [3.63, 3.8) is 0 Å². The van der Waals surface area contributed by atoms with Crippen LogP contribution < -0.4 is 0 Å². The maximum Gasteiger partial charge on any atom is 0.0300 e. The fraction of sp³-hybridized carbons (Fsp3) is 1.00. The molecule has 0 saturated carbocycles. The van der Waals surface area contributed by atoms with Crippen LogP contribution >= 0.6 is 0 Å². The fourth-order valence-corrected chi connectivity index (χ4v) is 0.312. The lowest BCUT2D eigenvalue weighted by molar-refractivity contribution is 0.338. The van der Waals surface area contributed by atoms with E-state index in [1.165, 1.54) is 0 Å². The zero-order chi connectivity index (χ0) is 60.0. The van der Waals surface area contributed by atoms with Gasteiger partial charge in [-0.3, -0.25) is 0 Å². The summed E-state index contributed by atoms with van der Waals surface area (Å²) < 4.78 is 269. The number of hydrogen-bond acceptors (Lipinski definition) is 0. The lowest BCUT2D eigenvalue weighted by Gasteiger charge is -2.18. The fourth-order valence-electron chi connectivity index (χ4n) is 0.312. The molecular formula is C32H76. The van der Waals surface area contributed by atoms with Crippen LogP contribution in [0.1, 0.15) is 228 Å². The minimum absolute atomic E-state index is 0.167. The van der Waals surface area contributed by atoms with E-state index in [-0.39, 0.29) is 11.8 Å². The van der Waals surface area contributed by atoms with Crippen LogP contribution in [0.15, 0.2) is 0 Å². The summed E-state index contributed by atoms with van der Waals surface area (Å²) >= 11 is 0. The van der Waals surface area contributed by atoms with Gasteiger partial charge in [-0.25, -0.2) is 0 Å². The van der Waals surface area contributed by atoms with Crippen molar-refractivity contribution in [2.45, 2.75) is 176 Å². The molecule has 0 aromatic rings. The van der Waals surface area contributed by atoms with E-state index < -0.39 is 104 Å². The summed E-state index contributed by atoms with van der Waals surface area (Å²) in [6.07, 6.45) is -13.9. The number of hydrogen-bond donors (Lipinski definition) is 0. The summed E-state index contributed by atoms with van der Waals surface area (Å²) in [5.74, 6) is -5.27. The van der Waals surface area contributed by atoms with Crippen molar-refractivity contribution >= 4 is 0 Å². The zero-order valence-corrected chi connectivity index (χ0v) is 22.0. The molecule has 204 valence electrons. The van der Waals surface area contributed by atoms with Crippen molar-refractivity contribution in [1.29, 1.82) is 0 Å². The average molecular weight is 499 g/mol. The predicted octanol–water partition coefficient (Wildman–Crippen LogP) is 13.1. The highest BCUT2D eigenvalue weighted by Gasteiger charge is 2.09. The molecule has 0 aliphatic heterocycles. The summed E-state index contributed by atoms with van der Waals surface area (Å²) in [4.78, 5) is 0. The van der Waals surface area contributed by atoms with Gasteiger partial charge in [-0.1, -0.05) is 176 Å². The largest absolute Gasteiger partial charge is 0.0656 e. The molecule has 0 spiro atoms. The molecule has 0 radical (unpaired) electrons. The standard InChI is InChI=1S/C7H16.3C6H14.C4H10.C3H8/c1-5-7(3,4)6-2;1-5(2)6(3)4;2*1-4-6(3)5-2;1-4(2)3;1-3-2/h5-6H2,1-4H3;5-6H,1-4H3;2*6H,4-5H2,1-3H3;4H,1-3H3;3H2,1-2H3/i1D3,2D3,3D3,5D2,6D2;5D;1D3,2D3,4D2,5D2,6D;6D;1D3,2D3,4D;1D3,3D2. The summed E-state index contributed by atoms with van der Waals surface area (Å²) in [7, 11) is 0. The summed E-state index contributed by atoms with van der Waals surface area (Å²) in [6, 6.07) is 0. The third-order valence-electron chi connectivity index (χ3n) is 3.24. The monoisotopic (exact) mass is 499 g/mol. The molecule has 32 heavy (non-hydrogen) atoms. The van der Waals surface area contributed by atoms with Gasteiger partial charge in [0.15, 0.2) is 0 Å². The molecule has 0 saturated heterocycles. The maximum atomic E-state index is 7.58. The number of rotatable bonds is 7. The quantitative estimate of drug-likeness (QED) is 0.327. The van der Waals surface area contributed by atoms with Gasteiger partial charge >= 0.3 is 0 Å². The van der Waals surface area contributed by atoms with Crippen molar-refractivity contribution in [2.75, 3.05) is 0 Å². The predicted molar refractivity (Wildman–Crippen MR) is 160 cm³/mol. The third kappa shape index (κ3) is 77.9. The molecule has 0 rings (SSSR count). The molecule has 0 N–H and O–H groups in total. The van der Waals surface area contributed by atoms with Crippen molar-refractivity contribution < 1.29 is 52.1 Å². The van der Waals surface area contributed by atoms with Crippen LogP contribution in [0.5, 0.6) is 0 Å². The molecule has 0 fully saturated rings. The molecule has 0 nitrogen and oxygen atoms in total. The van der Waals surface area contributed by atoms with Crippen LogP contribution in [0.3, 0.4) is 0 Å². The highest BCUT2D eigenvalue weighted by molar-refractivity contribution is 4.61. The summed E-state index contributed by atoms with van der Waals surface area (Å²) in [5.41, 5.74) is -3.26. The molecule has 0 heteroatoms. The van der Waals surface area contributed by atoms with Crippen LogP contribution in [-0.4, -0.2) is 0 Å². The van der Waals surface area contributed by atoms with Gasteiger partial charge < -0.3 is 0 Å². The van der Waals surface area contributed by atoms with Gasteiger partial charge in [0, 0.05) is 52.1 Å². The van der Waals surface area contributed by atoms with Gasteiger partial charge in [-0.2, -0.15) is 0 Å². The van der Waals surface area contributed by atoms with Crippen molar-refractivity contribution in [1.82, 2.24) is 0 Å². The molecule has 0 aliphatic rings. The van der Waals surface area contributed by atoms with Gasteiger partial charge in [-0.05, 0) is 34.9 Å². The van der Waals surface area contributed by atoms with Crippen LogP contribution in [0.25, 0.3) is 0 Å². The minimum atomic E-state index is -3.58. The highest BCUT2D eigenvalue weighted by Crippen LogP contribution is 2.22. The Morgan fingerprint density at radius 2 is 1.12 bits per heavy atom. The lowest BCUT2D eigenvalue weighted by atomic mass is 9.88. The second-order valence-electron chi connectivity index (χ2n) is 7.02. The van der Waals surface area contributed by atoms with Crippen LogP contribution in [-0.2, 0) is 0 Å². The molecular weight excluding hydrogens is 384 g/mol. The zero-order valence-electron chi connectivity index (χ0n) is 60.0. The maximum absolute atomic E-state index is 7.58. The van der Waals surface area contributed by atoms with Gasteiger partial charge in [0.25, 0.3) is 0 Å². The second-order valence-corrected chi connectivity index (χ2v) is 7.02. The summed E-state index contributed by atoms with van der Waals surface area (Å²) in [6.45, 7) is -7.95. The van der Waals surface area contributed by atoms with E-state index in [9.17, 15) is 0 Å². The van der Waals surface area contributed by atoms with Crippen molar-refractivity contribution in [3.05, 3.63) is 0 Å². The Morgan fingerprint density at radius 3 is 1.25 bits per heavy atom. The normalized spacial score (nSPS) is 34.4. The van der Waals surface area contributed by atoms with E-state index >= 15 is 0 Å². The smallest absolute Gasteiger partial charge is 0.0300 e. The lowest BCUT2D eigenvalue weighted by Crippen LogP contribution is -2.05. The Morgan fingerprint density at radius 1 is 0.719 bits per heavy atom. The van der Waals surface area contributed by atoms with Crippen LogP contribution in [0.2, 0.25) is 0 Å². The van der Waals surface area contributed by atoms with E-state index in [1.807, 2.05) is 20.8 Å². The minimum Gasteiger partial charge on any atom is -0.0656 e. The van der Waals surface area contributed by atoms with E-state index in [4.69, 9.17) is 52.1 Å². The van der Waals surface area contributed by atoms with E-state index in [0.717, 1.165) is 26.7 Å². The Balaban J connectivity index is -0.000000185. The first-order chi connectivity index (χ1) is 29.1. The molecule has 0 unspecified atom stereocenters. The van der Waals surface area contributed by atoms with Gasteiger partial charge in [0.2, 0.25) is 0 Å². The first kappa shape index (κ1) is 7.51. The average Bonchev–Trinajstić information content (AvgIpc) is 3.04. The first-order valence-electron chi connectivity index (χ1n) is 29.1. The van der Waals surface area contributed by atoms with E-state index in [2.05, 4.69) is 27.7 Å². The molecule has 0 heterocycles. The molecule has 0 aromatic heterocycles. The second kappa shape index (κ2) is 35.6. The van der Waals surface area contributed by atoms with Crippen molar-refractivity contribution in [2.24, 2.45) is 34.9 Å². The van der Waals surface area contributed by atoms with E-state index in [0.29, 0.717) is 19.8 Å². The van der Waals surface area contributed by atoms with Gasteiger partial charge in [-0.15, -0.1) is 0 Å². The molecule has 0 atom stereocenters. The first-order valence-corrected chi connectivity index (χ1v) is 10.1. The summed E-state index contributed by atoms with van der Waals surface area (Å²) in [5, 5.41) is 0. The van der Waals surface area contributed by atoms with E-state index in [1.54, 1.807) is 0 Å². The SMILES string of the molecule is [2H]C(C)(C)C(C)C.[2H]C(C)(CC)CC.[2H]C([2H])([2H])C([2H])(C)C([2H])([2H])[2H].[2H]C([2H])([2H])C([2H])([2H])C.[2H]C([2H])([2H])C([2H])([2H])C(C)(C([2H])([2H])[2H])C([2H])([2H])C([2H])([2H])[2H].[2H]C([2H])([2H])C([2H])([2H])C([2H])(C)C([2H])([2H])C([2H])([2H])[2H]. The molecule has 0 aliphatic carbocycles. The Hall–Kier alpha value is 0. The van der Waals surface area contributed by atoms with Crippen LogP contribution in [0.4, 0.5) is 0 Å². The topological polar surface area (TPSA) is 0 Å². The van der Waals surface area contributed by atoms with Crippen LogP contribution in [0, 0.1) is 34.9 Å². The third-order valence-corrected chi connectivity index (χ3v) is 3.24. The molecule has 0 amide bonds.